The van der Waals surface area contributed by atoms with Gasteiger partial charge in [0, 0.05) is 10.1 Å². The summed E-state index contributed by atoms with van der Waals surface area (Å²) in [4.78, 5) is 12.5. The first-order chi connectivity index (χ1) is 9.61. The van der Waals surface area contributed by atoms with Crippen LogP contribution in [-0.2, 0) is 4.79 Å². The molecule has 4 heteroatoms. The van der Waals surface area contributed by atoms with Crippen LogP contribution in [0.25, 0.3) is 0 Å². The first-order valence-corrected chi connectivity index (χ1v) is 8.51. The summed E-state index contributed by atoms with van der Waals surface area (Å²) in [5.74, 6) is -0.246. The first kappa shape index (κ1) is 15.7. The quantitative estimate of drug-likeness (QED) is 0.821. The van der Waals surface area contributed by atoms with Crippen LogP contribution >= 0.6 is 23.4 Å². The maximum Gasteiger partial charge on any atom is 0.307 e. The highest BCUT2D eigenvalue weighted by Crippen LogP contribution is 2.43. The predicted molar refractivity (Wildman–Crippen MR) is 84.5 cm³/mol. The molecule has 3 atom stereocenters. The lowest BCUT2D eigenvalue weighted by atomic mass is 9.80. The fourth-order valence-corrected chi connectivity index (χ4v) is 4.72. The Morgan fingerprint density at radius 3 is 2.80 bits per heavy atom. The third-order valence-corrected chi connectivity index (χ3v) is 5.90. The second-order valence-electron chi connectivity index (χ2n) is 5.50. The summed E-state index contributed by atoms with van der Waals surface area (Å²) in [6, 6.07) is 7.71. The summed E-state index contributed by atoms with van der Waals surface area (Å²) in [6.45, 7) is 2.19. The molecule has 0 saturated heterocycles. The number of benzene rings is 1. The largest absolute Gasteiger partial charge is 0.481 e. The zero-order chi connectivity index (χ0) is 14.5. The van der Waals surface area contributed by atoms with E-state index in [0.717, 1.165) is 29.2 Å². The zero-order valence-electron chi connectivity index (χ0n) is 11.7. The number of carboxylic acids is 1. The Kier molecular flexibility index (Phi) is 5.79. The number of hydrogen-bond donors (Lipinski definition) is 1. The standard InChI is InChI=1S/C16H21ClO2S/c1-2-5-11-8-9-12(16(18)19)15(10-11)20-14-7-4-3-6-13(14)17/h3-4,6-7,11-12,15H,2,5,8-10H2,1H3,(H,18,19). The van der Waals surface area contributed by atoms with Gasteiger partial charge in [-0.3, -0.25) is 4.79 Å². The van der Waals surface area contributed by atoms with Gasteiger partial charge in [-0.15, -0.1) is 11.8 Å². The van der Waals surface area contributed by atoms with Crippen molar-refractivity contribution in [1.29, 1.82) is 0 Å². The Balaban J connectivity index is 2.11. The molecule has 0 radical (unpaired) electrons. The van der Waals surface area contributed by atoms with Crippen molar-refractivity contribution in [3.8, 4) is 0 Å². The summed E-state index contributed by atoms with van der Waals surface area (Å²) in [6.07, 6.45) is 5.20. The van der Waals surface area contributed by atoms with Gasteiger partial charge in [0.25, 0.3) is 0 Å². The van der Waals surface area contributed by atoms with Crippen molar-refractivity contribution in [2.24, 2.45) is 11.8 Å². The Labute approximate surface area is 129 Å². The van der Waals surface area contributed by atoms with Crippen LogP contribution in [0.2, 0.25) is 5.02 Å². The molecule has 0 amide bonds. The molecule has 1 aromatic rings. The average molecular weight is 313 g/mol. The van der Waals surface area contributed by atoms with Gasteiger partial charge >= 0.3 is 5.97 Å². The van der Waals surface area contributed by atoms with Crippen LogP contribution in [0, 0.1) is 11.8 Å². The van der Waals surface area contributed by atoms with E-state index in [4.69, 9.17) is 11.6 Å². The van der Waals surface area contributed by atoms with Gasteiger partial charge in [0.2, 0.25) is 0 Å². The molecule has 1 aromatic carbocycles. The second-order valence-corrected chi connectivity index (χ2v) is 7.19. The molecule has 3 unspecified atom stereocenters. The molecule has 1 aliphatic rings. The third-order valence-electron chi connectivity index (χ3n) is 4.03. The zero-order valence-corrected chi connectivity index (χ0v) is 13.3. The first-order valence-electron chi connectivity index (χ1n) is 7.25. The van der Waals surface area contributed by atoms with Crippen molar-refractivity contribution in [2.45, 2.75) is 49.2 Å². The molecule has 1 fully saturated rings. The smallest absolute Gasteiger partial charge is 0.307 e. The van der Waals surface area contributed by atoms with E-state index in [1.165, 1.54) is 12.8 Å². The molecule has 2 nitrogen and oxygen atoms in total. The Hall–Kier alpha value is -0.670. The minimum atomic E-state index is -0.662. The predicted octanol–water partition coefficient (Wildman–Crippen LogP) is 5.10. The van der Waals surface area contributed by atoms with Crippen LogP contribution in [0.4, 0.5) is 0 Å². The second kappa shape index (κ2) is 7.37. The molecule has 2 rings (SSSR count). The number of aliphatic carboxylic acids is 1. The van der Waals surface area contributed by atoms with E-state index in [1.807, 2.05) is 24.3 Å². The van der Waals surface area contributed by atoms with Crippen molar-refractivity contribution < 1.29 is 9.90 Å². The van der Waals surface area contributed by atoms with E-state index in [-0.39, 0.29) is 11.2 Å². The fraction of sp³-hybridized carbons (Fsp3) is 0.562. The van der Waals surface area contributed by atoms with Gasteiger partial charge in [-0.05, 0) is 37.3 Å². The van der Waals surface area contributed by atoms with Crippen molar-refractivity contribution in [1.82, 2.24) is 0 Å². The Bertz CT molecular complexity index is 464. The molecular weight excluding hydrogens is 292 g/mol. The fourth-order valence-electron chi connectivity index (χ4n) is 3.00. The lowest BCUT2D eigenvalue weighted by molar-refractivity contribution is -0.142. The number of thioether (sulfide) groups is 1. The van der Waals surface area contributed by atoms with Crippen LogP contribution in [0.1, 0.15) is 39.0 Å². The molecule has 0 heterocycles. The van der Waals surface area contributed by atoms with E-state index < -0.39 is 5.97 Å². The monoisotopic (exact) mass is 312 g/mol. The highest BCUT2D eigenvalue weighted by atomic mass is 35.5. The normalized spacial score (nSPS) is 26.4. The molecule has 110 valence electrons. The van der Waals surface area contributed by atoms with Gasteiger partial charge < -0.3 is 5.11 Å². The van der Waals surface area contributed by atoms with Gasteiger partial charge in [0.15, 0.2) is 0 Å². The lowest BCUT2D eigenvalue weighted by Crippen LogP contribution is -2.32. The minimum Gasteiger partial charge on any atom is -0.481 e. The molecule has 1 N–H and O–H groups in total. The number of carboxylic acid groups (broad SMARTS) is 1. The highest BCUT2D eigenvalue weighted by molar-refractivity contribution is 8.00. The van der Waals surface area contributed by atoms with Gasteiger partial charge in [-0.25, -0.2) is 0 Å². The van der Waals surface area contributed by atoms with E-state index in [1.54, 1.807) is 11.8 Å². The topological polar surface area (TPSA) is 37.3 Å². The molecule has 1 saturated carbocycles. The number of halogens is 1. The van der Waals surface area contributed by atoms with Crippen LogP contribution in [0.5, 0.6) is 0 Å². The van der Waals surface area contributed by atoms with Crippen LogP contribution in [0.15, 0.2) is 29.2 Å². The molecule has 1 aliphatic carbocycles. The summed E-state index contributed by atoms with van der Waals surface area (Å²) in [5, 5.41) is 10.3. The molecular formula is C16H21ClO2S. The number of carbonyl (C=O) groups is 1. The van der Waals surface area contributed by atoms with Gasteiger partial charge in [-0.2, -0.15) is 0 Å². The van der Waals surface area contributed by atoms with Crippen LogP contribution in [-0.4, -0.2) is 16.3 Å². The molecule has 0 aromatic heterocycles. The molecule has 20 heavy (non-hydrogen) atoms. The van der Waals surface area contributed by atoms with Crippen molar-refractivity contribution in [3.63, 3.8) is 0 Å². The number of hydrogen-bond acceptors (Lipinski definition) is 2. The molecule has 0 bridgehead atoms. The minimum absolute atomic E-state index is 0.137. The maximum absolute atomic E-state index is 11.5. The summed E-state index contributed by atoms with van der Waals surface area (Å²) in [7, 11) is 0. The van der Waals surface area contributed by atoms with Crippen molar-refractivity contribution >= 4 is 29.3 Å². The molecule has 0 aliphatic heterocycles. The third kappa shape index (κ3) is 3.92. The van der Waals surface area contributed by atoms with Crippen molar-refractivity contribution in [2.75, 3.05) is 0 Å². The van der Waals surface area contributed by atoms with Crippen molar-refractivity contribution in [3.05, 3.63) is 29.3 Å². The van der Waals surface area contributed by atoms with Gasteiger partial charge in [-0.1, -0.05) is 43.5 Å². The van der Waals surface area contributed by atoms with Gasteiger partial charge in [0.05, 0.1) is 10.9 Å². The van der Waals surface area contributed by atoms with E-state index >= 15 is 0 Å². The van der Waals surface area contributed by atoms with E-state index in [9.17, 15) is 9.90 Å². The van der Waals surface area contributed by atoms with Crippen LogP contribution < -0.4 is 0 Å². The highest BCUT2D eigenvalue weighted by Gasteiger charge is 2.35. The number of rotatable bonds is 5. The lowest BCUT2D eigenvalue weighted by Gasteiger charge is -2.33. The van der Waals surface area contributed by atoms with Gasteiger partial charge in [0.1, 0.15) is 0 Å². The summed E-state index contributed by atoms with van der Waals surface area (Å²) < 4.78 is 0. The SMILES string of the molecule is CCCC1CCC(C(=O)O)C(Sc2ccccc2Cl)C1. The van der Waals surface area contributed by atoms with E-state index in [2.05, 4.69) is 6.92 Å². The Morgan fingerprint density at radius 2 is 2.15 bits per heavy atom. The Morgan fingerprint density at radius 1 is 1.40 bits per heavy atom. The molecule has 0 spiro atoms. The van der Waals surface area contributed by atoms with Crippen LogP contribution in [0.3, 0.4) is 0 Å². The van der Waals surface area contributed by atoms with E-state index in [0.29, 0.717) is 5.92 Å². The summed E-state index contributed by atoms with van der Waals surface area (Å²) >= 11 is 7.84. The average Bonchev–Trinajstić information content (AvgIpc) is 2.42. The summed E-state index contributed by atoms with van der Waals surface area (Å²) in [5.41, 5.74) is 0. The maximum atomic E-state index is 11.5.